The Labute approximate surface area is 104 Å². The lowest BCUT2D eigenvalue weighted by molar-refractivity contribution is -0.176. The number of carbonyl (C=O) groups is 1. The maximum absolute atomic E-state index is 11.1. The fourth-order valence-electron chi connectivity index (χ4n) is 1.63. The van der Waals surface area contributed by atoms with Gasteiger partial charge < -0.3 is 15.2 Å². The average molecular weight is 253 g/mol. The van der Waals surface area contributed by atoms with Crippen molar-refractivity contribution in [2.24, 2.45) is 5.41 Å². The summed E-state index contributed by atoms with van der Waals surface area (Å²) in [6.45, 7) is 0.984. The second-order valence-corrected chi connectivity index (χ2v) is 5.04. The van der Waals surface area contributed by atoms with Crippen molar-refractivity contribution in [1.82, 2.24) is 0 Å². The Morgan fingerprint density at radius 1 is 1.47 bits per heavy atom. The van der Waals surface area contributed by atoms with Crippen molar-refractivity contribution in [2.45, 2.75) is 4.90 Å². The quantitative estimate of drug-likeness (QED) is 0.785. The Bertz CT molecular complexity index is 401. The SMILES string of the molecule is CSc1ccc(NCC2(C(=O)O)COC2)cc1. The number of carboxylic acid groups (broad SMARTS) is 1. The molecule has 0 radical (unpaired) electrons. The van der Waals surface area contributed by atoms with Crippen LogP contribution in [0.25, 0.3) is 0 Å². The highest BCUT2D eigenvalue weighted by atomic mass is 32.2. The number of benzene rings is 1. The zero-order valence-corrected chi connectivity index (χ0v) is 10.4. The number of aliphatic carboxylic acids is 1. The molecule has 0 aromatic heterocycles. The minimum atomic E-state index is -0.794. The van der Waals surface area contributed by atoms with Gasteiger partial charge in [-0.1, -0.05) is 0 Å². The molecular formula is C12H15NO3S. The van der Waals surface area contributed by atoms with Gasteiger partial charge in [0.1, 0.15) is 5.41 Å². The fourth-order valence-corrected chi connectivity index (χ4v) is 2.04. The van der Waals surface area contributed by atoms with E-state index in [0.717, 1.165) is 5.69 Å². The molecule has 17 heavy (non-hydrogen) atoms. The first kappa shape index (κ1) is 12.3. The van der Waals surface area contributed by atoms with Crippen LogP contribution in [0.2, 0.25) is 0 Å². The van der Waals surface area contributed by atoms with E-state index in [9.17, 15) is 4.79 Å². The largest absolute Gasteiger partial charge is 0.481 e. The summed E-state index contributed by atoms with van der Waals surface area (Å²) in [6, 6.07) is 7.94. The Hall–Kier alpha value is -1.20. The summed E-state index contributed by atoms with van der Waals surface area (Å²) >= 11 is 1.68. The van der Waals surface area contributed by atoms with E-state index >= 15 is 0 Å². The highest BCUT2D eigenvalue weighted by Gasteiger charge is 2.46. The third kappa shape index (κ3) is 2.56. The van der Waals surface area contributed by atoms with Crippen LogP contribution in [0.3, 0.4) is 0 Å². The van der Waals surface area contributed by atoms with Gasteiger partial charge in [-0.3, -0.25) is 4.79 Å². The summed E-state index contributed by atoms with van der Waals surface area (Å²) in [5.41, 5.74) is 0.188. The predicted octanol–water partition coefficient (Wildman–Crippen LogP) is 1.92. The van der Waals surface area contributed by atoms with Crippen LogP contribution in [0, 0.1) is 5.41 Å². The Balaban J connectivity index is 1.94. The van der Waals surface area contributed by atoms with Crippen LogP contribution in [0.4, 0.5) is 5.69 Å². The summed E-state index contributed by atoms with van der Waals surface area (Å²) < 4.78 is 5.00. The smallest absolute Gasteiger partial charge is 0.316 e. The normalized spacial score (nSPS) is 17.2. The number of rotatable bonds is 5. The van der Waals surface area contributed by atoms with Gasteiger partial charge in [0.2, 0.25) is 0 Å². The van der Waals surface area contributed by atoms with E-state index in [1.165, 1.54) is 4.90 Å². The summed E-state index contributed by atoms with van der Waals surface area (Å²) in [5.74, 6) is -0.794. The standard InChI is InChI=1S/C12H15NO3S/c1-17-10-4-2-9(3-5-10)13-6-12(11(14)15)7-16-8-12/h2-5,13H,6-8H2,1H3,(H,14,15). The van der Waals surface area contributed by atoms with Crippen molar-refractivity contribution in [2.75, 3.05) is 31.3 Å². The first-order chi connectivity index (χ1) is 8.16. The van der Waals surface area contributed by atoms with Gasteiger partial charge in [0.25, 0.3) is 0 Å². The molecule has 1 aromatic rings. The average Bonchev–Trinajstić information content (AvgIpc) is 2.28. The molecule has 1 aliphatic heterocycles. The number of carboxylic acids is 1. The van der Waals surface area contributed by atoms with Gasteiger partial charge in [0.15, 0.2) is 0 Å². The number of ether oxygens (including phenoxy) is 1. The number of thioether (sulfide) groups is 1. The molecular weight excluding hydrogens is 238 g/mol. The molecule has 5 heteroatoms. The van der Waals surface area contributed by atoms with E-state index in [4.69, 9.17) is 9.84 Å². The topological polar surface area (TPSA) is 58.6 Å². The second-order valence-electron chi connectivity index (χ2n) is 4.16. The first-order valence-corrected chi connectivity index (χ1v) is 6.58. The first-order valence-electron chi connectivity index (χ1n) is 5.35. The number of anilines is 1. The molecule has 1 heterocycles. The molecule has 2 N–H and O–H groups in total. The zero-order valence-electron chi connectivity index (χ0n) is 9.60. The molecule has 0 saturated carbocycles. The molecule has 0 aliphatic carbocycles. The van der Waals surface area contributed by atoms with Gasteiger partial charge >= 0.3 is 5.97 Å². The second kappa shape index (κ2) is 4.98. The van der Waals surface area contributed by atoms with Crippen LogP contribution in [0.5, 0.6) is 0 Å². The molecule has 0 atom stereocenters. The van der Waals surface area contributed by atoms with Crippen LogP contribution in [-0.2, 0) is 9.53 Å². The maximum Gasteiger partial charge on any atom is 0.316 e. The van der Waals surface area contributed by atoms with Gasteiger partial charge in [-0.05, 0) is 30.5 Å². The third-order valence-corrected chi connectivity index (χ3v) is 3.67. The van der Waals surface area contributed by atoms with Gasteiger partial charge in [-0.15, -0.1) is 11.8 Å². The lowest BCUT2D eigenvalue weighted by Crippen LogP contribution is -2.53. The van der Waals surface area contributed by atoms with Crippen LogP contribution in [0.1, 0.15) is 0 Å². The Morgan fingerprint density at radius 3 is 2.53 bits per heavy atom. The van der Waals surface area contributed by atoms with Crippen molar-refractivity contribution in [3.63, 3.8) is 0 Å². The van der Waals surface area contributed by atoms with E-state index in [1.54, 1.807) is 11.8 Å². The molecule has 1 fully saturated rings. The Morgan fingerprint density at radius 2 is 2.12 bits per heavy atom. The molecule has 0 spiro atoms. The molecule has 0 amide bonds. The van der Waals surface area contributed by atoms with E-state index in [1.807, 2.05) is 30.5 Å². The minimum absolute atomic E-state index is 0.290. The third-order valence-electron chi connectivity index (χ3n) is 2.93. The fraction of sp³-hybridized carbons (Fsp3) is 0.417. The molecule has 92 valence electrons. The molecule has 1 aromatic carbocycles. The lowest BCUT2D eigenvalue weighted by atomic mass is 9.86. The van der Waals surface area contributed by atoms with Gasteiger partial charge in [0, 0.05) is 17.1 Å². The van der Waals surface area contributed by atoms with Crippen molar-refractivity contribution in [3.8, 4) is 0 Å². The van der Waals surface area contributed by atoms with E-state index in [-0.39, 0.29) is 13.2 Å². The van der Waals surface area contributed by atoms with Gasteiger partial charge in [-0.25, -0.2) is 0 Å². The van der Waals surface area contributed by atoms with Crippen LogP contribution >= 0.6 is 11.8 Å². The summed E-state index contributed by atoms with van der Waals surface area (Å²) in [4.78, 5) is 12.3. The van der Waals surface area contributed by atoms with E-state index < -0.39 is 11.4 Å². The van der Waals surface area contributed by atoms with Gasteiger partial charge in [0.05, 0.1) is 13.2 Å². The highest BCUT2D eigenvalue weighted by Crippen LogP contribution is 2.28. The van der Waals surface area contributed by atoms with E-state index in [0.29, 0.717) is 6.54 Å². The molecule has 0 bridgehead atoms. The molecule has 2 rings (SSSR count). The maximum atomic E-state index is 11.1. The highest BCUT2D eigenvalue weighted by molar-refractivity contribution is 7.98. The monoisotopic (exact) mass is 253 g/mol. The molecule has 4 nitrogen and oxygen atoms in total. The molecule has 1 aliphatic rings. The van der Waals surface area contributed by atoms with E-state index in [2.05, 4.69) is 5.32 Å². The number of hydrogen-bond acceptors (Lipinski definition) is 4. The molecule has 0 unspecified atom stereocenters. The van der Waals surface area contributed by atoms with Crippen LogP contribution < -0.4 is 5.32 Å². The number of nitrogens with one attached hydrogen (secondary N) is 1. The van der Waals surface area contributed by atoms with Crippen molar-refractivity contribution in [3.05, 3.63) is 24.3 Å². The number of hydrogen-bond donors (Lipinski definition) is 2. The summed E-state index contributed by atoms with van der Waals surface area (Å²) in [5, 5.41) is 12.3. The van der Waals surface area contributed by atoms with Crippen molar-refractivity contribution in [1.29, 1.82) is 0 Å². The van der Waals surface area contributed by atoms with Crippen LogP contribution in [0.15, 0.2) is 29.2 Å². The van der Waals surface area contributed by atoms with Crippen molar-refractivity contribution >= 4 is 23.4 Å². The Kier molecular flexibility index (Phi) is 3.59. The van der Waals surface area contributed by atoms with Gasteiger partial charge in [-0.2, -0.15) is 0 Å². The summed E-state index contributed by atoms with van der Waals surface area (Å²) in [7, 11) is 0. The van der Waals surface area contributed by atoms with Crippen molar-refractivity contribution < 1.29 is 14.6 Å². The summed E-state index contributed by atoms with van der Waals surface area (Å²) in [6.07, 6.45) is 2.02. The molecule has 1 saturated heterocycles. The predicted molar refractivity (Wildman–Crippen MR) is 67.6 cm³/mol. The minimum Gasteiger partial charge on any atom is -0.481 e. The lowest BCUT2D eigenvalue weighted by Gasteiger charge is -2.37. The zero-order chi connectivity index (χ0) is 12.3. The van der Waals surface area contributed by atoms with Crippen LogP contribution in [-0.4, -0.2) is 37.1 Å².